The number of aromatic nitrogens is 1. The molecule has 4 rings (SSSR count). The number of rotatable bonds is 9. The minimum atomic E-state index is -0.626. The minimum absolute atomic E-state index is 0.138. The minimum Gasteiger partial charge on any atom is -0.467 e. The molecule has 0 saturated heterocycles. The Labute approximate surface area is 183 Å². The van der Waals surface area contributed by atoms with Crippen molar-refractivity contribution in [2.75, 3.05) is 0 Å². The van der Waals surface area contributed by atoms with E-state index in [2.05, 4.69) is 10.3 Å². The Bertz CT molecular complexity index is 1160. The highest BCUT2D eigenvalue weighted by Gasteiger charge is 2.17. The van der Waals surface area contributed by atoms with Gasteiger partial charge in [0, 0.05) is 24.7 Å². The van der Waals surface area contributed by atoms with Gasteiger partial charge >= 0.3 is 0 Å². The number of halogens is 2. The number of hydrogen-bond donors (Lipinski definition) is 1. The van der Waals surface area contributed by atoms with Crippen LogP contribution in [0.1, 0.15) is 33.3 Å². The number of benzene rings is 2. The molecule has 1 amide bonds. The van der Waals surface area contributed by atoms with Gasteiger partial charge < -0.3 is 14.2 Å². The summed E-state index contributed by atoms with van der Waals surface area (Å²) in [6, 6.07) is 16.7. The van der Waals surface area contributed by atoms with Crippen LogP contribution in [-0.4, -0.2) is 15.8 Å². The van der Waals surface area contributed by atoms with Crippen LogP contribution in [0.5, 0.6) is 0 Å². The second kappa shape index (κ2) is 10.0. The lowest BCUT2D eigenvalue weighted by Gasteiger charge is -2.21. The van der Waals surface area contributed by atoms with E-state index in [-0.39, 0.29) is 25.3 Å². The maximum atomic E-state index is 14.2. The van der Waals surface area contributed by atoms with Crippen molar-refractivity contribution in [2.24, 2.45) is 0 Å². The number of furan rings is 1. The van der Waals surface area contributed by atoms with Gasteiger partial charge in [-0.25, -0.2) is 13.8 Å². The van der Waals surface area contributed by atoms with E-state index in [9.17, 15) is 13.6 Å². The quantitative estimate of drug-likeness (QED) is 0.412. The van der Waals surface area contributed by atoms with Gasteiger partial charge in [-0.1, -0.05) is 36.4 Å². The van der Waals surface area contributed by atoms with Crippen LogP contribution in [-0.2, 0) is 26.2 Å². The van der Waals surface area contributed by atoms with E-state index in [0.717, 1.165) is 11.6 Å². The topological polar surface area (TPSA) is 71.5 Å². The summed E-state index contributed by atoms with van der Waals surface area (Å²) in [5.41, 5.74) is 1.50. The molecule has 0 atom stereocenters. The van der Waals surface area contributed by atoms with E-state index < -0.39 is 17.5 Å². The Kier molecular flexibility index (Phi) is 6.72. The molecule has 0 unspecified atom stereocenters. The second-order valence-corrected chi connectivity index (χ2v) is 7.26. The van der Waals surface area contributed by atoms with Gasteiger partial charge in [0.25, 0.3) is 5.91 Å². The largest absolute Gasteiger partial charge is 0.467 e. The first-order valence-electron chi connectivity index (χ1n) is 10.0. The summed E-state index contributed by atoms with van der Waals surface area (Å²) >= 11 is 0. The summed E-state index contributed by atoms with van der Waals surface area (Å²) in [7, 11) is 0. The normalized spacial score (nSPS) is 11.1. The zero-order valence-corrected chi connectivity index (χ0v) is 17.1. The van der Waals surface area contributed by atoms with Crippen molar-refractivity contribution in [2.45, 2.75) is 26.2 Å². The lowest BCUT2D eigenvalue weighted by Crippen LogP contribution is -2.24. The third-order valence-corrected chi connectivity index (χ3v) is 4.80. The number of carbonyl (C=O) groups excluding carboxylic acids is 1. The standard InChI is InChI=1S/C24H21F2N3O3/c25-19-9-8-18(21(26)11-19)14-29(13-17-5-2-1-3-6-17)15-23-28-22(16-32-23)24(30)27-12-20-7-4-10-31-20/h1-11,16H,12-15H2,(H,27,30). The first kappa shape index (κ1) is 21.5. The van der Waals surface area contributed by atoms with Crippen LogP contribution in [0, 0.1) is 11.6 Å². The van der Waals surface area contributed by atoms with E-state index in [1.807, 2.05) is 35.2 Å². The number of nitrogens with zero attached hydrogens (tertiary/aromatic N) is 2. The van der Waals surface area contributed by atoms with Crippen molar-refractivity contribution in [1.82, 2.24) is 15.2 Å². The zero-order valence-electron chi connectivity index (χ0n) is 17.1. The lowest BCUT2D eigenvalue weighted by molar-refractivity contribution is 0.0943. The summed E-state index contributed by atoms with van der Waals surface area (Å²) in [5, 5.41) is 2.71. The van der Waals surface area contributed by atoms with E-state index in [1.165, 1.54) is 24.7 Å². The fraction of sp³-hybridized carbons (Fsp3) is 0.167. The van der Waals surface area contributed by atoms with Crippen LogP contribution in [0.2, 0.25) is 0 Å². The molecule has 4 aromatic rings. The summed E-state index contributed by atoms with van der Waals surface area (Å²) < 4.78 is 38.2. The van der Waals surface area contributed by atoms with Crippen LogP contribution in [0.4, 0.5) is 8.78 Å². The summed E-state index contributed by atoms with van der Waals surface area (Å²) in [6.07, 6.45) is 2.81. The number of carbonyl (C=O) groups is 1. The van der Waals surface area contributed by atoms with Gasteiger partial charge in [-0.3, -0.25) is 9.69 Å². The Hall–Kier alpha value is -3.78. The van der Waals surface area contributed by atoms with Crippen LogP contribution in [0.3, 0.4) is 0 Å². The number of nitrogens with one attached hydrogen (secondary N) is 1. The molecule has 2 aromatic heterocycles. The van der Waals surface area contributed by atoms with Crippen LogP contribution < -0.4 is 5.32 Å². The Morgan fingerprint density at radius 1 is 0.969 bits per heavy atom. The molecule has 1 N–H and O–H groups in total. The first-order chi connectivity index (χ1) is 15.6. The Balaban J connectivity index is 1.46. The van der Waals surface area contributed by atoms with Crippen LogP contribution >= 0.6 is 0 Å². The number of amides is 1. The first-order valence-corrected chi connectivity index (χ1v) is 10.0. The second-order valence-electron chi connectivity index (χ2n) is 7.26. The van der Waals surface area contributed by atoms with Gasteiger partial charge in [0.1, 0.15) is 23.7 Å². The smallest absolute Gasteiger partial charge is 0.273 e. The van der Waals surface area contributed by atoms with Crippen molar-refractivity contribution < 1.29 is 22.4 Å². The highest BCUT2D eigenvalue weighted by atomic mass is 19.1. The maximum Gasteiger partial charge on any atom is 0.273 e. The van der Waals surface area contributed by atoms with Gasteiger partial charge in [-0.2, -0.15) is 0 Å². The average molecular weight is 437 g/mol. The molecule has 2 heterocycles. The predicted molar refractivity (Wildman–Crippen MR) is 112 cm³/mol. The van der Waals surface area contributed by atoms with Gasteiger partial charge in [0.15, 0.2) is 5.69 Å². The molecule has 0 aliphatic heterocycles. The van der Waals surface area contributed by atoms with Crippen molar-refractivity contribution in [3.05, 3.63) is 113 Å². The molecule has 0 saturated carbocycles. The molecule has 0 spiro atoms. The van der Waals surface area contributed by atoms with Gasteiger partial charge in [0.05, 0.1) is 19.4 Å². The highest BCUT2D eigenvalue weighted by Crippen LogP contribution is 2.17. The summed E-state index contributed by atoms with van der Waals surface area (Å²) in [6.45, 7) is 1.17. The van der Waals surface area contributed by atoms with E-state index >= 15 is 0 Å². The molecule has 164 valence electrons. The molecular formula is C24H21F2N3O3. The molecule has 0 aliphatic carbocycles. The zero-order chi connectivity index (χ0) is 22.3. The maximum absolute atomic E-state index is 14.2. The lowest BCUT2D eigenvalue weighted by atomic mass is 10.1. The third-order valence-electron chi connectivity index (χ3n) is 4.80. The average Bonchev–Trinajstić information content (AvgIpc) is 3.47. The van der Waals surface area contributed by atoms with E-state index in [1.54, 1.807) is 12.1 Å². The molecular weight excluding hydrogens is 416 g/mol. The highest BCUT2D eigenvalue weighted by molar-refractivity contribution is 5.91. The van der Waals surface area contributed by atoms with Gasteiger partial charge in [-0.05, 0) is 23.8 Å². The molecule has 0 bridgehead atoms. The van der Waals surface area contributed by atoms with Crippen molar-refractivity contribution in [3.8, 4) is 0 Å². The van der Waals surface area contributed by atoms with Gasteiger partial charge in [-0.15, -0.1) is 0 Å². The van der Waals surface area contributed by atoms with Crippen LogP contribution in [0.15, 0.2) is 82.0 Å². The molecule has 6 nitrogen and oxygen atoms in total. The molecule has 0 aliphatic rings. The molecule has 0 radical (unpaired) electrons. The number of hydrogen-bond acceptors (Lipinski definition) is 5. The summed E-state index contributed by atoms with van der Waals surface area (Å²) in [5.74, 6) is -0.702. The van der Waals surface area contributed by atoms with E-state index in [4.69, 9.17) is 8.83 Å². The van der Waals surface area contributed by atoms with Gasteiger partial charge in [0.2, 0.25) is 5.89 Å². The van der Waals surface area contributed by atoms with E-state index in [0.29, 0.717) is 23.8 Å². The molecule has 2 aromatic carbocycles. The molecule has 8 heteroatoms. The Morgan fingerprint density at radius 2 is 1.81 bits per heavy atom. The van der Waals surface area contributed by atoms with Crippen molar-refractivity contribution >= 4 is 5.91 Å². The van der Waals surface area contributed by atoms with Crippen molar-refractivity contribution in [3.63, 3.8) is 0 Å². The monoisotopic (exact) mass is 437 g/mol. The van der Waals surface area contributed by atoms with Crippen LogP contribution in [0.25, 0.3) is 0 Å². The Morgan fingerprint density at radius 3 is 2.56 bits per heavy atom. The summed E-state index contributed by atoms with van der Waals surface area (Å²) in [4.78, 5) is 18.5. The fourth-order valence-corrected chi connectivity index (χ4v) is 3.25. The number of oxazole rings is 1. The van der Waals surface area contributed by atoms with Crippen molar-refractivity contribution in [1.29, 1.82) is 0 Å². The molecule has 32 heavy (non-hydrogen) atoms. The molecule has 0 fully saturated rings. The third kappa shape index (κ3) is 5.67. The predicted octanol–water partition coefficient (Wildman–Crippen LogP) is 4.68. The SMILES string of the molecule is O=C(NCc1ccco1)c1coc(CN(Cc2ccccc2)Cc2ccc(F)cc2F)n1. The fourth-order valence-electron chi connectivity index (χ4n) is 3.25.